The first-order chi connectivity index (χ1) is 12.0. The highest BCUT2D eigenvalue weighted by atomic mass is 35.5. The Kier molecular flexibility index (Phi) is 7.45. The quantitative estimate of drug-likeness (QED) is 0.590. The third-order valence-corrected chi connectivity index (χ3v) is 4.27. The lowest BCUT2D eigenvalue weighted by atomic mass is 10.3. The number of nitrogens with zero attached hydrogens (tertiary/aromatic N) is 1. The van der Waals surface area contributed by atoms with Gasteiger partial charge in [-0.25, -0.2) is 4.98 Å². The maximum absolute atomic E-state index is 12.0. The van der Waals surface area contributed by atoms with Crippen LogP contribution in [0.25, 0.3) is 0 Å². The SMILES string of the molecule is COCCNC(=O)CNC(=O)c1csc(Nc2cc(Cl)ccc2Cl)n1. The van der Waals surface area contributed by atoms with Gasteiger partial charge < -0.3 is 20.7 Å². The molecule has 0 radical (unpaired) electrons. The summed E-state index contributed by atoms with van der Waals surface area (Å²) in [5.74, 6) is -0.743. The van der Waals surface area contributed by atoms with E-state index in [1.54, 1.807) is 30.7 Å². The van der Waals surface area contributed by atoms with Gasteiger partial charge in [-0.3, -0.25) is 9.59 Å². The van der Waals surface area contributed by atoms with Crippen LogP contribution in [0.15, 0.2) is 23.6 Å². The highest BCUT2D eigenvalue weighted by Crippen LogP contribution is 2.29. The van der Waals surface area contributed by atoms with Crippen molar-refractivity contribution in [3.63, 3.8) is 0 Å². The normalized spacial score (nSPS) is 10.4. The Labute approximate surface area is 158 Å². The summed E-state index contributed by atoms with van der Waals surface area (Å²) < 4.78 is 4.82. The fraction of sp³-hybridized carbons (Fsp3) is 0.267. The maximum Gasteiger partial charge on any atom is 0.271 e. The van der Waals surface area contributed by atoms with Crippen LogP contribution in [0.5, 0.6) is 0 Å². The molecule has 2 aromatic rings. The second-order valence-electron chi connectivity index (χ2n) is 4.81. The number of aromatic nitrogens is 1. The van der Waals surface area contributed by atoms with Gasteiger partial charge >= 0.3 is 0 Å². The van der Waals surface area contributed by atoms with Gasteiger partial charge in [0.1, 0.15) is 5.69 Å². The van der Waals surface area contributed by atoms with Crippen molar-refractivity contribution in [2.45, 2.75) is 0 Å². The summed E-state index contributed by atoms with van der Waals surface area (Å²) in [5.41, 5.74) is 0.795. The van der Waals surface area contributed by atoms with Crippen molar-refractivity contribution >= 4 is 57.2 Å². The molecule has 0 saturated carbocycles. The lowest BCUT2D eigenvalue weighted by Crippen LogP contribution is -2.38. The van der Waals surface area contributed by atoms with Crippen molar-refractivity contribution in [1.82, 2.24) is 15.6 Å². The van der Waals surface area contributed by atoms with Gasteiger partial charge in [-0.15, -0.1) is 11.3 Å². The lowest BCUT2D eigenvalue weighted by molar-refractivity contribution is -0.120. The Bertz CT molecular complexity index is 754. The number of halogens is 2. The second kappa shape index (κ2) is 9.57. The Balaban J connectivity index is 1.88. The zero-order chi connectivity index (χ0) is 18.2. The third kappa shape index (κ3) is 6.17. The number of hydrogen-bond acceptors (Lipinski definition) is 6. The highest BCUT2D eigenvalue weighted by molar-refractivity contribution is 7.14. The molecule has 134 valence electrons. The predicted octanol–water partition coefficient (Wildman–Crippen LogP) is 2.69. The van der Waals surface area contributed by atoms with Crippen molar-refractivity contribution in [3.8, 4) is 0 Å². The molecule has 1 heterocycles. The number of anilines is 2. The minimum absolute atomic E-state index is 0.136. The molecule has 0 fully saturated rings. The molecule has 2 rings (SSSR count). The van der Waals surface area contributed by atoms with Crippen LogP contribution >= 0.6 is 34.5 Å². The van der Waals surface area contributed by atoms with E-state index in [-0.39, 0.29) is 18.1 Å². The fourth-order valence-corrected chi connectivity index (χ4v) is 2.79. The first kappa shape index (κ1) is 19.5. The van der Waals surface area contributed by atoms with E-state index in [2.05, 4.69) is 20.9 Å². The molecular weight excluding hydrogens is 387 g/mol. The number of thiazole rings is 1. The molecule has 1 aromatic heterocycles. The summed E-state index contributed by atoms with van der Waals surface area (Å²) in [5, 5.41) is 11.2. The summed E-state index contributed by atoms with van der Waals surface area (Å²) >= 11 is 13.2. The molecule has 2 amide bonds. The summed E-state index contributed by atoms with van der Waals surface area (Å²) in [6.07, 6.45) is 0. The Hall–Kier alpha value is -1.87. The van der Waals surface area contributed by atoms with Crippen LogP contribution in [0.4, 0.5) is 10.8 Å². The van der Waals surface area contributed by atoms with Gasteiger partial charge in [0.05, 0.1) is 23.9 Å². The molecule has 10 heteroatoms. The van der Waals surface area contributed by atoms with Crippen LogP contribution < -0.4 is 16.0 Å². The standard InChI is InChI=1S/C15H16Cl2N4O3S/c1-24-5-4-18-13(22)7-19-14(23)12-8-25-15(21-12)20-11-6-9(16)2-3-10(11)17/h2-3,6,8H,4-5,7H2,1H3,(H,18,22)(H,19,23)(H,20,21). The van der Waals surface area contributed by atoms with Crippen LogP contribution in [-0.4, -0.2) is 43.6 Å². The zero-order valence-corrected chi connectivity index (χ0v) is 15.6. The molecule has 0 aliphatic carbocycles. The topological polar surface area (TPSA) is 92.4 Å². The lowest BCUT2D eigenvalue weighted by Gasteiger charge is -2.06. The average Bonchev–Trinajstić information content (AvgIpc) is 3.05. The molecule has 0 aliphatic rings. The van der Waals surface area contributed by atoms with Gasteiger partial charge in [-0.05, 0) is 18.2 Å². The number of carbonyl (C=O) groups is 2. The number of nitrogens with one attached hydrogen (secondary N) is 3. The molecule has 0 saturated heterocycles. The van der Waals surface area contributed by atoms with Crippen LogP contribution in [0.1, 0.15) is 10.5 Å². The van der Waals surface area contributed by atoms with Gasteiger partial charge in [0, 0.05) is 24.1 Å². The van der Waals surface area contributed by atoms with E-state index < -0.39 is 5.91 Å². The predicted molar refractivity (Wildman–Crippen MR) is 99.1 cm³/mol. The average molecular weight is 403 g/mol. The molecule has 7 nitrogen and oxygen atoms in total. The van der Waals surface area contributed by atoms with E-state index >= 15 is 0 Å². The van der Waals surface area contributed by atoms with Crippen molar-refractivity contribution in [2.24, 2.45) is 0 Å². The van der Waals surface area contributed by atoms with Crippen molar-refractivity contribution in [2.75, 3.05) is 32.1 Å². The smallest absolute Gasteiger partial charge is 0.271 e. The van der Waals surface area contributed by atoms with E-state index in [0.29, 0.717) is 34.0 Å². The third-order valence-electron chi connectivity index (χ3n) is 2.94. The summed E-state index contributed by atoms with van der Waals surface area (Å²) in [6.45, 7) is 0.659. The molecule has 0 atom stereocenters. The van der Waals surface area contributed by atoms with Gasteiger partial charge in [-0.1, -0.05) is 23.2 Å². The van der Waals surface area contributed by atoms with Gasteiger partial charge in [0.15, 0.2) is 5.13 Å². The molecule has 1 aromatic carbocycles. The Morgan fingerprint density at radius 2 is 2.08 bits per heavy atom. The number of carbonyl (C=O) groups excluding carboxylic acids is 2. The van der Waals surface area contributed by atoms with E-state index in [0.717, 1.165) is 0 Å². The summed E-state index contributed by atoms with van der Waals surface area (Å²) in [7, 11) is 1.54. The van der Waals surface area contributed by atoms with Crippen LogP contribution in [-0.2, 0) is 9.53 Å². The van der Waals surface area contributed by atoms with Crippen LogP contribution in [0, 0.1) is 0 Å². The van der Waals surface area contributed by atoms with Gasteiger partial charge in [0.25, 0.3) is 5.91 Å². The van der Waals surface area contributed by atoms with Crippen LogP contribution in [0.2, 0.25) is 10.0 Å². The van der Waals surface area contributed by atoms with Crippen LogP contribution in [0.3, 0.4) is 0 Å². The van der Waals surface area contributed by atoms with Crippen molar-refractivity contribution in [1.29, 1.82) is 0 Å². The van der Waals surface area contributed by atoms with E-state index in [1.165, 1.54) is 11.3 Å². The van der Waals surface area contributed by atoms with E-state index in [1.807, 2.05) is 0 Å². The minimum atomic E-state index is -0.441. The molecule has 0 unspecified atom stereocenters. The van der Waals surface area contributed by atoms with Gasteiger partial charge in [0.2, 0.25) is 5.91 Å². The molecule has 0 aliphatic heterocycles. The van der Waals surface area contributed by atoms with E-state index in [4.69, 9.17) is 27.9 Å². The fourth-order valence-electron chi connectivity index (χ4n) is 1.75. The number of rotatable bonds is 8. The zero-order valence-electron chi connectivity index (χ0n) is 13.3. The molecule has 0 spiro atoms. The first-order valence-electron chi connectivity index (χ1n) is 7.21. The number of hydrogen-bond donors (Lipinski definition) is 3. The summed E-state index contributed by atoms with van der Waals surface area (Å²) in [6, 6.07) is 5.00. The molecule has 0 bridgehead atoms. The Morgan fingerprint density at radius 3 is 2.84 bits per heavy atom. The number of benzene rings is 1. The van der Waals surface area contributed by atoms with Crippen molar-refractivity contribution in [3.05, 3.63) is 39.3 Å². The number of methoxy groups -OCH3 is 1. The van der Waals surface area contributed by atoms with Gasteiger partial charge in [-0.2, -0.15) is 0 Å². The Morgan fingerprint density at radius 1 is 1.28 bits per heavy atom. The largest absolute Gasteiger partial charge is 0.383 e. The number of ether oxygens (including phenoxy) is 1. The minimum Gasteiger partial charge on any atom is -0.383 e. The second-order valence-corrected chi connectivity index (χ2v) is 6.51. The van der Waals surface area contributed by atoms with Crippen molar-refractivity contribution < 1.29 is 14.3 Å². The monoisotopic (exact) mass is 402 g/mol. The molecule has 3 N–H and O–H groups in total. The summed E-state index contributed by atoms with van der Waals surface area (Å²) in [4.78, 5) is 27.7. The van der Waals surface area contributed by atoms with E-state index in [9.17, 15) is 9.59 Å². The highest BCUT2D eigenvalue weighted by Gasteiger charge is 2.13. The first-order valence-corrected chi connectivity index (χ1v) is 8.84. The molecular formula is C15H16Cl2N4O3S. The maximum atomic E-state index is 12.0. The number of amides is 2. The molecule has 25 heavy (non-hydrogen) atoms.